The molecule has 3 N–H and O–H groups in total. The Labute approximate surface area is 115 Å². The minimum Gasteiger partial charge on any atom is -0.394 e. The normalized spacial score (nSPS) is 14.2. The molecule has 1 atom stereocenters. The van der Waals surface area contributed by atoms with Gasteiger partial charge in [-0.25, -0.2) is 4.39 Å². The van der Waals surface area contributed by atoms with Gasteiger partial charge in [-0.15, -0.1) is 0 Å². The van der Waals surface area contributed by atoms with Crippen molar-refractivity contribution >= 4 is 5.69 Å². The topological polar surface area (TPSA) is 49.5 Å². The molecule has 1 aromatic carbocycles. The molecule has 0 aliphatic heterocycles. The SMILES string of the molecule is CCN(CCCCC(C)(N)CO)c1cccc(F)c1. The highest BCUT2D eigenvalue weighted by atomic mass is 19.1. The first-order valence-corrected chi connectivity index (χ1v) is 6.89. The summed E-state index contributed by atoms with van der Waals surface area (Å²) in [5.74, 6) is -0.203. The van der Waals surface area contributed by atoms with E-state index in [0.717, 1.165) is 38.0 Å². The van der Waals surface area contributed by atoms with Gasteiger partial charge < -0.3 is 15.7 Å². The Morgan fingerprint density at radius 1 is 1.37 bits per heavy atom. The molecule has 0 bridgehead atoms. The van der Waals surface area contributed by atoms with E-state index in [4.69, 9.17) is 10.8 Å². The maximum atomic E-state index is 13.2. The van der Waals surface area contributed by atoms with E-state index in [1.54, 1.807) is 12.1 Å². The lowest BCUT2D eigenvalue weighted by Crippen LogP contribution is -2.40. The van der Waals surface area contributed by atoms with Crippen molar-refractivity contribution in [2.45, 2.75) is 38.6 Å². The van der Waals surface area contributed by atoms with Crippen LogP contribution in [0.1, 0.15) is 33.1 Å². The van der Waals surface area contributed by atoms with Crippen LogP contribution < -0.4 is 10.6 Å². The second kappa shape index (κ2) is 7.46. The summed E-state index contributed by atoms with van der Waals surface area (Å²) in [5, 5.41) is 9.08. The number of aliphatic hydroxyl groups excluding tert-OH is 1. The molecule has 0 spiro atoms. The van der Waals surface area contributed by atoms with Crippen molar-refractivity contribution in [3.05, 3.63) is 30.1 Å². The average Bonchev–Trinajstić information content (AvgIpc) is 2.39. The number of nitrogens with zero attached hydrogens (tertiary/aromatic N) is 1. The molecule has 1 aromatic rings. The average molecular weight is 268 g/mol. The molecule has 3 nitrogen and oxygen atoms in total. The first kappa shape index (κ1) is 15.9. The highest BCUT2D eigenvalue weighted by molar-refractivity contribution is 5.46. The van der Waals surface area contributed by atoms with Crippen molar-refractivity contribution in [3.8, 4) is 0 Å². The molecule has 0 saturated carbocycles. The van der Waals surface area contributed by atoms with E-state index < -0.39 is 5.54 Å². The summed E-state index contributed by atoms with van der Waals surface area (Å²) in [6.07, 6.45) is 2.74. The second-order valence-corrected chi connectivity index (χ2v) is 5.33. The monoisotopic (exact) mass is 268 g/mol. The van der Waals surface area contributed by atoms with E-state index in [-0.39, 0.29) is 12.4 Å². The van der Waals surface area contributed by atoms with E-state index in [2.05, 4.69) is 11.8 Å². The minimum absolute atomic E-state index is 0.00832. The van der Waals surface area contributed by atoms with Crippen LogP contribution in [0.15, 0.2) is 24.3 Å². The van der Waals surface area contributed by atoms with Gasteiger partial charge in [0.25, 0.3) is 0 Å². The van der Waals surface area contributed by atoms with Gasteiger partial charge in [-0.3, -0.25) is 0 Å². The molecule has 0 aliphatic rings. The number of aliphatic hydroxyl groups is 1. The number of hydrogen-bond acceptors (Lipinski definition) is 3. The van der Waals surface area contributed by atoms with Crippen molar-refractivity contribution in [2.24, 2.45) is 5.73 Å². The molecule has 108 valence electrons. The molecule has 4 heteroatoms. The Hall–Kier alpha value is -1.13. The highest BCUT2D eigenvalue weighted by Crippen LogP contribution is 2.17. The third-order valence-electron chi connectivity index (χ3n) is 3.34. The van der Waals surface area contributed by atoms with Crippen LogP contribution in [-0.2, 0) is 0 Å². The van der Waals surface area contributed by atoms with E-state index >= 15 is 0 Å². The summed E-state index contributed by atoms with van der Waals surface area (Å²) in [6, 6.07) is 6.67. The molecule has 19 heavy (non-hydrogen) atoms. The van der Waals surface area contributed by atoms with Crippen LogP contribution in [-0.4, -0.2) is 30.3 Å². The smallest absolute Gasteiger partial charge is 0.125 e. The Bertz CT molecular complexity index is 382. The van der Waals surface area contributed by atoms with Gasteiger partial charge >= 0.3 is 0 Å². The number of nitrogens with two attached hydrogens (primary N) is 1. The molecular formula is C15H25FN2O. The summed E-state index contributed by atoms with van der Waals surface area (Å²) < 4.78 is 13.2. The number of halogens is 1. The first-order chi connectivity index (χ1) is 8.98. The predicted octanol–water partition coefficient (Wildman–Crippen LogP) is 2.53. The summed E-state index contributed by atoms with van der Waals surface area (Å²) in [5.41, 5.74) is 6.31. The molecule has 1 rings (SSSR count). The van der Waals surface area contributed by atoms with Crippen molar-refractivity contribution in [1.29, 1.82) is 0 Å². The van der Waals surface area contributed by atoms with Crippen LogP contribution in [0.2, 0.25) is 0 Å². The van der Waals surface area contributed by atoms with Gasteiger partial charge in [-0.05, 0) is 51.3 Å². The lowest BCUT2D eigenvalue weighted by molar-refractivity contribution is 0.197. The Kier molecular flexibility index (Phi) is 6.25. The van der Waals surface area contributed by atoms with Gasteiger partial charge in [0, 0.05) is 24.3 Å². The fourth-order valence-electron chi connectivity index (χ4n) is 2.05. The van der Waals surface area contributed by atoms with Gasteiger partial charge in [0.15, 0.2) is 0 Å². The number of anilines is 1. The van der Waals surface area contributed by atoms with E-state index in [9.17, 15) is 4.39 Å². The maximum Gasteiger partial charge on any atom is 0.125 e. The first-order valence-electron chi connectivity index (χ1n) is 6.89. The maximum absolute atomic E-state index is 13.2. The zero-order valence-electron chi connectivity index (χ0n) is 11.9. The van der Waals surface area contributed by atoms with Crippen LogP contribution in [0, 0.1) is 5.82 Å². The Balaban J connectivity index is 2.42. The fourth-order valence-corrected chi connectivity index (χ4v) is 2.05. The quantitative estimate of drug-likeness (QED) is 0.712. The predicted molar refractivity (Wildman–Crippen MR) is 77.8 cm³/mol. The van der Waals surface area contributed by atoms with Gasteiger partial charge in [0.05, 0.1) is 6.61 Å². The third kappa shape index (κ3) is 5.57. The van der Waals surface area contributed by atoms with Gasteiger partial charge in [-0.1, -0.05) is 6.07 Å². The molecule has 0 amide bonds. The Morgan fingerprint density at radius 3 is 2.68 bits per heavy atom. The fraction of sp³-hybridized carbons (Fsp3) is 0.600. The van der Waals surface area contributed by atoms with Crippen LogP contribution in [0.25, 0.3) is 0 Å². The lowest BCUT2D eigenvalue weighted by atomic mass is 9.97. The van der Waals surface area contributed by atoms with Crippen molar-refractivity contribution < 1.29 is 9.50 Å². The molecular weight excluding hydrogens is 243 g/mol. The largest absolute Gasteiger partial charge is 0.394 e. The number of hydrogen-bond donors (Lipinski definition) is 2. The van der Waals surface area contributed by atoms with E-state index in [0.29, 0.717) is 0 Å². The van der Waals surface area contributed by atoms with Gasteiger partial charge in [0.2, 0.25) is 0 Å². The van der Waals surface area contributed by atoms with Crippen LogP contribution >= 0.6 is 0 Å². The van der Waals surface area contributed by atoms with Gasteiger partial charge in [-0.2, -0.15) is 0 Å². The zero-order chi connectivity index (χ0) is 14.3. The standard InChI is InChI=1S/C15H25FN2O/c1-3-18(14-8-6-7-13(16)11-14)10-5-4-9-15(2,17)12-19/h6-8,11,19H,3-5,9-10,12,17H2,1-2H3. The lowest BCUT2D eigenvalue weighted by Gasteiger charge is -2.25. The molecule has 1 unspecified atom stereocenters. The molecule has 0 aromatic heterocycles. The van der Waals surface area contributed by atoms with E-state index in [1.807, 2.05) is 13.0 Å². The summed E-state index contributed by atoms with van der Waals surface area (Å²) in [4.78, 5) is 2.15. The molecule has 0 aliphatic carbocycles. The third-order valence-corrected chi connectivity index (χ3v) is 3.34. The summed E-state index contributed by atoms with van der Waals surface area (Å²) in [6.45, 7) is 5.65. The van der Waals surface area contributed by atoms with E-state index in [1.165, 1.54) is 6.07 Å². The highest BCUT2D eigenvalue weighted by Gasteiger charge is 2.16. The molecule has 0 heterocycles. The van der Waals surface area contributed by atoms with Crippen LogP contribution in [0.3, 0.4) is 0 Å². The number of rotatable bonds is 8. The molecule has 0 radical (unpaired) electrons. The van der Waals surface area contributed by atoms with Crippen LogP contribution in [0.4, 0.5) is 10.1 Å². The van der Waals surface area contributed by atoms with Crippen molar-refractivity contribution in [1.82, 2.24) is 0 Å². The van der Waals surface area contributed by atoms with Crippen molar-refractivity contribution in [3.63, 3.8) is 0 Å². The zero-order valence-corrected chi connectivity index (χ0v) is 11.9. The number of unbranched alkanes of at least 4 members (excludes halogenated alkanes) is 1. The van der Waals surface area contributed by atoms with Crippen molar-refractivity contribution in [2.75, 3.05) is 24.6 Å². The summed E-state index contributed by atoms with van der Waals surface area (Å²) >= 11 is 0. The summed E-state index contributed by atoms with van der Waals surface area (Å²) in [7, 11) is 0. The molecule has 0 fully saturated rings. The van der Waals surface area contributed by atoms with Crippen LogP contribution in [0.5, 0.6) is 0 Å². The van der Waals surface area contributed by atoms with Gasteiger partial charge in [0.1, 0.15) is 5.82 Å². The second-order valence-electron chi connectivity index (χ2n) is 5.33. The number of benzene rings is 1. The molecule has 0 saturated heterocycles. The minimum atomic E-state index is -0.490. The Morgan fingerprint density at radius 2 is 2.11 bits per heavy atom.